The molecule has 0 spiro atoms. The highest BCUT2D eigenvalue weighted by molar-refractivity contribution is 7.89. The number of carbonyl (C=O) groups excluding carboxylic acids is 1. The molecule has 0 radical (unpaired) electrons. The van der Waals surface area contributed by atoms with Crippen LogP contribution in [0, 0.1) is 0 Å². The maximum Gasteiger partial charge on any atom is 0.240 e. The Morgan fingerprint density at radius 1 is 1.29 bits per heavy atom. The van der Waals surface area contributed by atoms with E-state index in [-0.39, 0.29) is 22.9 Å². The van der Waals surface area contributed by atoms with E-state index in [1.807, 2.05) is 4.90 Å². The van der Waals surface area contributed by atoms with Crippen molar-refractivity contribution < 1.29 is 13.2 Å². The zero-order valence-corrected chi connectivity index (χ0v) is 12.8. The molecule has 1 heterocycles. The van der Waals surface area contributed by atoms with Gasteiger partial charge in [0.05, 0.1) is 10.9 Å². The highest BCUT2D eigenvalue weighted by Crippen LogP contribution is 2.16. The van der Waals surface area contributed by atoms with E-state index in [2.05, 4.69) is 4.72 Å². The van der Waals surface area contributed by atoms with E-state index in [9.17, 15) is 13.2 Å². The Morgan fingerprint density at radius 3 is 2.38 bits per heavy atom. The first-order valence-electron chi connectivity index (χ1n) is 7.01. The van der Waals surface area contributed by atoms with E-state index in [4.69, 9.17) is 5.73 Å². The van der Waals surface area contributed by atoms with Gasteiger partial charge in [-0.25, -0.2) is 13.1 Å². The number of likely N-dealkylation sites (tertiary alicyclic amines) is 1. The fourth-order valence-electron chi connectivity index (χ4n) is 2.47. The van der Waals surface area contributed by atoms with E-state index in [1.54, 1.807) is 37.3 Å². The third-order valence-electron chi connectivity index (χ3n) is 3.86. The van der Waals surface area contributed by atoms with Crippen LogP contribution in [-0.2, 0) is 14.8 Å². The summed E-state index contributed by atoms with van der Waals surface area (Å²) in [6, 6.07) is 7.92. The second kappa shape index (κ2) is 6.55. The van der Waals surface area contributed by atoms with Gasteiger partial charge < -0.3 is 5.73 Å². The Bertz CT molecular complexity index is 581. The van der Waals surface area contributed by atoms with Crippen molar-refractivity contribution in [2.45, 2.75) is 36.7 Å². The van der Waals surface area contributed by atoms with Gasteiger partial charge in [-0.05, 0) is 31.9 Å². The molecule has 116 valence electrons. The van der Waals surface area contributed by atoms with Gasteiger partial charge in [0.1, 0.15) is 0 Å². The van der Waals surface area contributed by atoms with E-state index in [0.29, 0.717) is 25.9 Å². The fraction of sp³-hybridized carbons (Fsp3) is 0.500. The standard InChI is InChI=1S/C14H21N3O3S/c1-11(14(15)18)17-9-7-12(8-10-17)16-21(19,20)13-5-3-2-4-6-13/h2-6,11-12,16H,7-10H2,1H3,(H2,15,18)/t11-/m0/s1. The number of amides is 1. The number of sulfonamides is 1. The average Bonchev–Trinajstić information content (AvgIpc) is 2.48. The summed E-state index contributed by atoms with van der Waals surface area (Å²) >= 11 is 0. The topological polar surface area (TPSA) is 92.5 Å². The molecular formula is C14H21N3O3S. The van der Waals surface area contributed by atoms with Crippen LogP contribution in [0.1, 0.15) is 19.8 Å². The molecule has 1 saturated heterocycles. The van der Waals surface area contributed by atoms with Crippen LogP contribution in [0.4, 0.5) is 0 Å². The molecule has 3 N–H and O–H groups in total. The van der Waals surface area contributed by atoms with Gasteiger partial charge >= 0.3 is 0 Å². The van der Waals surface area contributed by atoms with E-state index in [1.165, 1.54) is 0 Å². The molecule has 1 fully saturated rings. The monoisotopic (exact) mass is 311 g/mol. The molecule has 1 aliphatic rings. The number of hydrogen-bond donors (Lipinski definition) is 2. The van der Waals surface area contributed by atoms with Crippen molar-refractivity contribution in [1.82, 2.24) is 9.62 Å². The molecule has 1 aromatic rings. The van der Waals surface area contributed by atoms with Gasteiger partial charge in [0.25, 0.3) is 0 Å². The van der Waals surface area contributed by atoms with E-state index >= 15 is 0 Å². The molecule has 1 aliphatic heterocycles. The Hall–Kier alpha value is -1.44. The second-order valence-corrected chi connectivity index (χ2v) is 7.04. The minimum absolute atomic E-state index is 0.105. The van der Waals surface area contributed by atoms with E-state index in [0.717, 1.165) is 0 Å². The Labute approximate surface area is 125 Å². The molecule has 0 aromatic heterocycles. The van der Waals surface area contributed by atoms with E-state index < -0.39 is 10.0 Å². The lowest BCUT2D eigenvalue weighted by Crippen LogP contribution is -2.50. The van der Waals surface area contributed by atoms with Crippen LogP contribution in [0.5, 0.6) is 0 Å². The predicted octanol–water partition coefficient (Wildman–Crippen LogP) is 0.303. The van der Waals surface area contributed by atoms with Crippen LogP contribution >= 0.6 is 0 Å². The highest BCUT2D eigenvalue weighted by Gasteiger charge is 2.28. The summed E-state index contributed by atoms with van der Waals surface area (Å²) in [7, 11) is -3.47. The molecule has 0 saturated carbocycles. The smallest absolute Gasteiger partial charge is 0.240 e. The predicted molar refractivity (Wildman–Crippen MR) is 80.0 cm³/mol. The molecule has 0 aliphatic carbocycles. The maximum absolute atomic E-state index is 12.2. The number of nitrogens with two attached hydrogens (primary N) is 1. The van der Waals surface area contributed by atoms with Crippen molar-refractivity contribution in [2.24, 2.45) is 5.73 Å². The lowest BCUT2D eigenvalue weighted by molar-refractivity contribution is -0.123. The van der Waals surface area contributed by atoms with Crippen LogP contribution in [0.2, 0.25) is 0 Å². The van der Waals surface area contributed by atoms with Gasteiger partial charge in [-0.1, -0.05) is 18.2 Å². The zero-order chi connectivity index (χ0) is 15.5. The SMILES string of the molecule is C[C@@H](C(N)=O)N1CCC(NS(=O)(=O)c2ccccc2)CC1. The third-order valence-corrected chi connectivity index (χ3v) is 5.40. The molecular weight excluding hydrogens is 290 g/mol. The number of nitrogens with one attached hydrogen (secondary N) is 1. The van der Waals surface area contributed by atoms with Gasteiger partial charge in [-0.2, -0.15) is 0 Å². The molecule has 0 bridgehead atoms. The molecule has 0 unspecified atom stereocenters. The first kappa shape index (κ1) is 15.9. The van der Waals surface area contributed by atoms with Crippen LogP contribution in [0.25, 0.3) is 0 Å². The van der Waals surface area contributed by atoms with Crippen LogP contribution in [-0.4, -0.2) is 44.4 Å². The second-order valence-electron chi connectivity index (χ2n) is 5.32. The first-order valence-corrected chi connectivity index (χ1v) is 8.49. The fourth-order valence-corrected chi connectivity index (χ4v) is 3.80. The normalized spacial score (nSPS) is 19.3. The van der Waals surface area contributed by atoms with Crippen molar-refractivity contribution in [3.8, 4) is 0 Å². The van der Waals surface area contributed by atoms with Crippen molar-refractivity contribution >= 4 is 15.9 Å². The van der Waals surface area contributed by atoms with Crippen molar-refractivity contribution in [3.05, 3.63) is 30.3 Å². The molecule has 21 heavy (non-hydrogen) atoms. The number of piperidine rings is 1. The molecule has 6 nitrogen and oxygen atoms in total. The molecule has 7 heteroatoms. The van der Waals surface area contributed by atoms with Crippen LogP contribution in [0.15, 0.2) is 35.2 Å². The quantitative estimate of drug-likeness (QED) is 0.818. The summed E-state index contributed by atoms with van der Waals surface area (Å²) in [4.78, 5) is 13.4. The summed E-state index contributed by atoms with van der Waals surface area (Å²) in [6.07, 6.45) is 1.34. The Morgan fingerprint density at radius 2 is 1.86 bits per heavy atom. The number of rotatable bonds is 5. The number of benzene rings is 1. The van der Waals surface area contributed by atoms with Gasteiger partial charge in [0, 0.05) is 19.1 Å². The lowest BCUT2D eigenvalue weighted by atomic mass is 10.0. The average molecular weight is 311 g/mol. The summed E-state index contributed by atoms with van der Waals surface area (Å²) in [5.41, 5.74) is 5.29. The molecule has 1 atom stereocenters. The van der Waals surface area contributed by atoms with Gasteiger partial charge in [-0.15, -0.1) is 0 Å². The molecule has 1 amide bonds. The maximum atomic E-state index is 12.2. The third kappa shape index (κ3) is 4.03. The molecule has 2 rings (SSSR count). The number of hydrogen-bond acceptors (Lipinski definition) is 4. The number of primary amides is 1. The van der Waals surface area contributed by atoms with Gasteiger partial charge in [-0.3, -0.25) is 9.69 Å². The van der Waals surface area contributed by atoms with Gasteiger partial charge in [0.15, 0.2) is 0 Å². The summed E-state index contributed by atoms with van der Waals surface area (Å²) in [5.74, 6) is -0.349. The van der Waals surface area contributed by atoms with Crippen LogP contribution in [0.3, 0.4) is 0 Å². The minimum atomic E-state index is -3.47. The largest absolute Gasteiger partial charge is 0.368 e. The minimum Gasteiger partial charge on any atom is -0.368 e. The summed E-state index contributed by atoms with van der Waals surface area (Å²) in [5, 5.41) is 0. The Kier molecular flexibility index (Phi) is 4.97. The number of nitrogens with zero attached hydrogens (tertiary/aromatic N) is 1. The van der Waals surface area contributed by atoms with Crippen molar-refractivity contribution in [1.29, 1.82) is 0 Å². The zero-order valence-electron chi connectivity index (χ0n) is 12.0. The van der Waals surface area contributed by atoms with Crippen molar-refractivity contribution in [2.75, 3.05) is 13.1 Å². The highest BCUT2D eigenvalue weighted by atomic mass is 32.2. The van der Waals surface area contributed by atoms with Crippen molar-refractivity contribution in [3.63, 3.8) is 0 Å². The van der Waals surface area contributed by atoms with Crippen LogP contribution < -0.4 is 10.5 Å². The Balaban J connectivity index is 1.93. The summed E-state index contributed by atoms with van der Waals surface area (Å²) < 4.78 is 27.2. The number of carbonyl (C=O) groups is 1. The van der Waals surface area contributed by atoms with Gasteiger partial charge in [0.2, 0.25) is 15.9 Å². The summed E-state index contributed by atoms with van der Waals surface area (Å²) in [6.45, 7) is 3.09. The molecule has 1 aromatic carbocycles. The lowest BCUT2D eigenvalue weighted by Gasteiger charge is -2.34. The first-order chi connectivity index (χ1) is 9.90.